The van der Waals surface area contributed by atoms with Crippen LogP contribution in [0.2, 0.25) is 0 Å². The number of pyridine rings is 1. The van der Waals surface area contributed by atoms with E-state index in [1.165, 1.54) is 6.08 Å². The van der Waals surface area contributed by atoms with E-state index in [1.807, 2.05) is 42.5 Å². The molecule has 0 unspecified atom stereocenters. The zero-order valence-corrected chi connectivity index (χ0v) is 14.0. The highest BCUT2D eigenvalue weighted by molar-refractivity contribution is 6.06. The van der Waals surface area contributed by atoms with Crippen molar-refractivity contribution in [2.75, 3.05) is 19.5 Å². The second kappa shape index (κ2) is 7.49. The Morgan fingerprint density at radius 1 is 1.04 bits per heavy atom. The maximum absolute atomic E-state index is 12.2. The Kier molecular flexibility index (Phi) is 4.95. The molecule has 3 aromatic rings. The van der Waals surface area contributed by atoms with Crippen molar-refractivity contribution >= 4 is 28.6 Å². The minimum absolute atomic E-state index is 0.217. The third-order valence-electron chi connectivity index (χ3n) is 3.74. The summed E-state index contributed by atoms with van der Waals surface area (Å²) in [5.74, 6) is 1.05. The molecule has 0 spiro atoms. The van der Waals surface area contributed by atoms with Crippen LogP contribution in [-0.2, 0) is 4.79 Å². The lowest BCUT2D eigenvalue weighted by molar-refractivity contribution is -0.111. The molecule has 1 N–H and O–H groups in total. The third kappa shape index (κ3) is 3.77. The smallest absolute Gasteiger partial charge is 0.248 e. The van der Waals surface area contributed by atoms with Gasteiger partial charge in [0.2, 0.25) is 5.91 Å². The summed E-state index contributed by atoms with van der Waals surface area (Å²) < 4.78 is 10.5. The first-order chi connectivity index (χ1) is 12.2. The molecule has 0 atom stereocenters. The van der Waals surface area contributed by atoms with Crippen molar-refractivity contribution in [3.8, 4) is 11.5 Å². The van der Waals surface area contributed by atoms with Crippen LogP contribution in [0.1, 0.15) is 5.56 Å². The number of nitrogens with one attached hydrogen (secondary N) is 1. The van der Waals surface area contributed by atoms with E-state index in [-0.39, 0.29) is 5.91 Å². The Morgan fingerprint density at radius 2 is 1.88 bits per heavy atom. The van der Waals surface area contributed by atoms with Crippen LogP contribution in [0.4, 0.5) is 5.69 Å². The summed E-state index contributed by atoms with van der Waals surface area (Å²) in [6.45, 7) is 0. The van der Waals surface area contributed by atoms with Gasteiger partial charge in [-0.1, -0.05) is 12.1 Å². The molecule has 0 aliphatic carbocycles. The molecular weight excluding hydrogens is 316 g/mol. The van der Waals surface area contributed by atoms with Crippen LogP contribution in [-0.4, -0.2) is 25.1 Å². The number of rotatable bonds is 5. The van der Waals surface area contributed by atoms with Gasteiger partial charge in [-0.05, 0) is 48.0 Å². The molecule has 0 saturated carbocycles. The van der Waals surface area contributed by atoms with Gasteiger partial charge in [0.25, 0.3) is 0 Å². The van der Waals surface area contributed by atoms with E-state index in [0.29, 0.717) is 11.5 Å². The monoisotopic (exact) mass is 334 g/mol. The molecule has 126 valence electrons. The van der Waals surface area contributed by atoms with Gasteiger partial charge in [-0.15, -0.1) is 0 Å². The number of anilines is 1. The van der Waals surface area contributed by atoms with Crippen molar-refractivity contribution in [1.29, 1.82) is 0 Å². The average molecular weight is 334 g/mol. The summed E-state index contributed by atoms with van der Waals surface area (Å²) in [6.07, 6.45) is 4.93. The first-order valence-electron chi connectivity index (χ1n) is 7.76. The van der Waals surface area contributed by atoms with Gasteiger partial charge < -0.3 is 14.8 Å². The molecule has 0 aliphatic heterocycles. The number of fused-ring (bicyclic) bond motifs is 1. The summed E-state index contributed by atoms with van der Waals surface area (Å²) in [5.41, 5.74) is 2.41. The van der Waals surface area contributed by atoms with Crippen molar-refractivity contribution < 1.29 is 14.3 Å². The molecule has 0 fully saturated rings. The number of hydrogen-bond donors (Lipinski definition) is 1. The van der Waals surface area contributed by atoms with Gasteiger partial charge in [0.1, 0.15) is 0 Å². The average Bonchev–Trinajstić information content (AvgIpc) is 2.66. The molecule has 3 rings (SSSR count). The maximum atomic E-state index is 12.2. The van der Waals surface area contributed by atoms with Crippen molar-refractivity contribution in [2.24, 2.45) is 0 Å². The normalized spacial score (nSPS) is 10.8. The van der Waals surface area contributed by atoms with Crippen LogP contribution in [0.3, 0.4) is 0 Å². The van der Waals surface area contributed by atoms with Gasteiger partial charge in [0.05, 0.1) is 25.4 Å². The number of methoxy groups -OCH3 is 2. The fourth-order valence-corrected chi connectivity index (χ4v) is 2.52. The highest BCUT2D eigenvalue weighted by Crippen LogP contribution is 2.28. The van der Waals surface area contributed by atoms with Crippen molar-refractivity contribution in [1.82, 2.24) is 4.98 Å². The SMILES string of the molecule is COc1ccc(/C=C/C(=O)Nc2cccc3ncccc23)cc1OC. The van der Waals surface area contributed by atoms with Gasteiger partial charge in [-0.25, -0.2) is 0 Å². The summed E-state index contributed by atoms with van der Waals surface area (Å²) >= 11 is 0. The number of carbonyl (C=O) groups is 1. The zero-order valence-electron chi connectivity index (χ0n) is 14.0. The van der Waals surface area contributed by atoms with Crippen LogP contribution in [0.15, 0.2) is 60.8 Å². The molecule has 1 amide bonds. The molecule has 1 heterocycles. The number of benzene rings is 2. The largest absolute Gasteiger partial charge is 0.493 e. The van der Waals surface area contributed by atoms with E-state index < -0.39 is 0 Å². The predicted molar refractivity (Wildman–Crippen MR) is 99.0 cm³/mol. The van der Waals surface area contributed by atoms with Gasteiger partial charge >= 0.3 is 0 Å². The Bertz CT molecular complexity index is 930. The van der Waals surface area contributed by atoms with Crippen molar-refractivity contribution in [3.05, 3.63) is 66.4 Å². The summed E-state index contributed by atoms with van der Waals surface area (Å²) in [5, 5.41) is 3.79. The predicted octanol–water partition coefficient (Wildman–Crippen LogP) is 3.90. The van der Waals surface area contributed by atoms with Crippen LogP contribution in [0.25, 0.3) is 17.0 Å². The molecule has 0 bridgehead atoms. The first kappa shape index (κ1) is 16.5. The fraction of sp³-hybridized carbons (Fsp3) is 0.100. The number of hydrogen-bond acceptors (Lipinski definition) is 4. The molecule has 0 aliphatic rings. The third-order valence-corrected chi connectivity index (χ3v) is 3.74. The van der Waals surface area contributed by atoms with Gasteiger partial charge in [0.15, 0.2) is 11.5 Å². The van der Waals surface area contributed by atoms with Crippen LogP contribution in [0, 0.1) is 0 Å². The van der Waals surface area contributed by atoms with E-state index in [1.54, 1.807) is 32.6 Å². The number of aromatic nitrogens is 1. The summed E-state index contributed by atoms with van der Waals surface area (Å²) in [6, 6.07) is 14.9. The Morgan fingerprint density at radius 3 is 2.68 bits per heavy atom. The van der Waals surface area contributed by atoms with Crippen molar-refractivity contribution in [3.63, 3.8) is 0 Å². The molecule has 25 heavy (non-hydrogen) atoms. The van der Waals surface area contributed by atoms with E-state index in [4.69, 9.17) is 9.47 Å². The molecule has 5 heteroatoms. The topological polar surface area (TPSA) is 60.5 Å². The lowest BCUT2D eigenvalue weighted by atomic mass is 10.1. The minimum atomic E-state index is -0.217. The van der Waals surface area contributed by atoms with E-state index in [9.17, 15) is 4.79 Å². The molecular formula is C20H18N2O3. The lowest BCUT2D eigenvalue weighted by Crippen LogP contribution is -2.08. The van der Waals surface area contributed by atoms with Crippen molar-refractivity contribution in [2.45, 2.75) is 0 Å². The van der Waals surface area contributed by atoms with Crippen LogP contribution < -0.4 is 14.8 Å². The fourth-order valence-electron chi connectivity index (χ4n) is 2.52. The van der Waals surface area contributed by atoms with Crippen LogP contribution in [0.5, 0.6) is 11.5 Å². The second-order valence-electron chi connectivity index (χ2n) is 5.31. The van der Waals surface area contributed by atoms with E-state index >= 15 is 0 Å². The standard InChI is InChI=1S/C20H18N2O3/c1-24-18-10-8-14(13-19(18)25-2)9-11-20(23)22-17-7-3-6-16-15(17)5-4-12-21-16/h3-13H,1-2H3,(H,22,23)/b11-9+. The summed E-state index contributed by atoms with van der Waals surface area (Å²) in [7, 11) is 3.16. The summed E-state index contributed by atoms with van der Waals surface area (Å²) in [4.78, 5) is 16.5. The Hall–Kier alpha value is -3.34. The van der Waals surface area contributed by atoms with E-state index in [2.05, 4.69) is 10.3 Å². The molecule has 5 nitrogen and oxygen atoms in total. The molecule has 0 radical (unpaired) electrons. The Balaban J connectivity index is 1.77. The van der Waals surface area contributed by atoms with Gasteiger partial charge in [-0.3, -0.25) is 9.78 Å². The number of ether oxygens (including phenoxy) is 2. The molecule has 1 aromatic heterocycles. The highest BCUT2D eigenvalue weighted by Gasteiger charge is 2.05. The quantitative estimate of drug-likeness (QED) is 0.719. The highest BCUT2D eigenvalue weighted by atomic mass is 16.5. The van der Waals surface area contributed by atoms with Gasteiger partial charge in [0, 0.05) is 17.7 Å². The Labute approximate surface area is 145 Å². The number of nitrogens with zero attached hydrogens (tertiary/aromatic N) is 1. The second-order valence-corrected chi connectivity index (χ2v) is 5.31. The minimum Gasteiger partial charge on any atom is -0.493 e. The lowest BCUT2D eigenvalue weighted by Gasteiger charge is -2.08. The van der Waals surface area contributed by atoms with E-state index in [0.717, 1.165) is 22.2 Å². The molecule has 0 saturated heterocycles. The first-order valence-corrected chi connectivity index (χ1v) is 7.76. The van der Waals surface area contributed by atoms with Gasteiger partial charge in [-0.2, -0.15) is 0 Å². The number of amides is 1. The number of carbonyl (C=O) groups excluding carboxylic acids is 1. The zero-order chi connectivity index (χ0) is 17.6. The molecule has 2 aromatic carbocycles. The van der Waals surface area contributed by atoms with Crippen LogP contribution >= 0.6 is 0 Å². The maximum Gasteiger partial charge on any atom is 0.248 e.